The highest BCUT2D eigenvalue weighted by Gasteiger charge is 2.52. The minimum atomic E-state index is -4.66. The van der Waals surface area contributed by atoms with Gasteiger partial charge in [0.1, 0.15) is 11.3 Å². The Labute approximate surface area is 153 Å². The molecule has 6 nitrogen and oxygen atoms in total. The summed E-state index contributed by atoms with van der Waals surface area (Å²) in [6.45, 7) is 6.99. The molecule has 2 aromatic rings. The lowest BCUT2D eigenvalue weighted by Crippen LogP contribution is -2.41. The van der Waals surface area contributed by atoms with E-state index in [1.54, 1.807) is 0 Å². The summed E-state index contributed by atoms with van der Waals surface area (Å²) in [4.78, 5) is 10.6. The standard InChI is InChI=1S/C17H19BF3NO5/c1-15(2)16(3,4)27-18(26-15)10-5-9-6-11(8-22-14(23)24)25-13(9)12(7-10)17(19,20)21/h5-7,22H,8H2,1-4H3,(H,23,24). The topological polar surface area (TPSA) is 80.9 Å². The molecule has 0 radical (unpaired) electrons. The highest BCUT2D eigenvalue weighted by Crippen LogP contribution is 2.39. The van der Waals surface area contributed by atoms with Crippen molar-refractivity contribution >= 4 is 29.6 Å². The lowest BCUT2D eigenvalue weighted by atomic mass is 9.77. The molecule has 1 aromatic heterocycles. The molecule has 3 rings (SSSR count). The lowest BCUT2D eigenvalue weighted by Gasteiger charge is -2.32. The molecule has 1 aliphatic rings. The van der Waals surface area contributed by atoms with E-state index in [2.05, 4.69) is 5.32 Å². The van der Waals surface area contributed by atoms with E-state index in [0.29, 0.717) is 0 Å². The zero-order valence-electron chi connectivity index (χ0n) is 15.2. The van der Waals surface area contributed by atoms with Gasteiger partial charge in [-0.15, -0.1) is 0 Å². The zero-order valence-corrected chi connectivity index (χ0v) is 15.2. The van der Waals surface area contributed by atoms with E-state index >= 15 is 0 Å². The predicted molar refractivity (Wildman–Crippen MR) is 91.8 cm³/mol. The number of furan rings is 1. The Hall–Kier alpha value is -2.20. The number of nitrogens with one attached hydrogen (secondary N) is 1. The number of hydrogen-bond donors (Lipinski definition) is 2. The number of alkyl halides is 3. The summed E-state index contributed by atoms with van der Waals surface area (Å²) in [5, 5.41) is 10.9. The van der Waals surface area contributed by atoms with Gasteiger partial charge in [-0.1, -0.05) is 6.07 Å². The summed E-state index contributed by atoms with van der Waals surface area (Å²) >= 11 is 0. The predicted octanol–water partition coefficient (Wildman–Crippen LogP) is 3.52. The van der Waals surface area contributed by atoms with Gasteiger partial charge < -0.3 is 24.1 Å². The Morgan fingerprint density at radius 3 is 2.26 bits per heavy atom. The van der Waals surface area contributed by atoms with Gasteiger partial charge in [-0.2, -0.15) is 13.2 Å². The molecule has 146 valence electrons. The Morgan fingerprint density at radius 1 is 1.15 bits per heavy atom. The first-order valence-electron chi connectivity index (χ1n) is 8.26. The van der Waals surface area contributed by atoms with Crippen LogP contribution in [0.1, 0.15) is 39.0 Å². The smallest absolute Gasteiger partial charge is 0.465 e. The third kappa shape index (κ3) is 3.63. The first kappa shape index (κ1) is 19.6. The minimum Gasteiger partial charge on any atom is -0.465 e. The zero-order chi connectivity index (χ0) is 20.2. The van der Waals surface area contributed by atoms with Gasteiger partial charge in [0.15, 0.2) is 0 Å². The van der Waals surface area contributed by atoms with E-state index < -0.39 is 36.2 Å². The van der Waals surface area contributed by atoms with Crippen molar-refractivity contribution in [1.29, 1.82) is 0 Å². The van der Waals surface area contributed by atoms with Gasteiger partial charge in [-0.25, -0.2) is 4.79 Å². The average molecular weight is 385 g/mol. The van der Waals surface area contributed by atoms with Crippen molar-refractivity contribution in [2.45, 2.75) is 51.6 Å². The van der Waals surface area contributed by atoms with Gasteiger partial charge in [-0.05, 0) is 45.3 Å². The molecule has 1 saturated heterocycles. The van der Waals surface area contributed by atoms with Crippen LogP contribution >= 0.6 is 0 Å². The normalized spacial score (nSPS) is 18.9. The van der Waals surface area contributed by atoms with Crippen molar-refractivity contribution in [3.8, 4) is 0 Å². The molecule has 1 amide bonds. The quantitative estimate of drug-likeness (QED) is 0.791. The van der Waals surface area contributed by atoms with Crippen LogP contribution in [0.15, 0.2) is 22.6 Å². The van der Waals surface area contributed by atoms with Crippen molar-refractivity contribution in [3.63, 3.8) is 0 Å². The van der Waals surface area contributed by atoms with Crippen LogP contribution < -0.4 is 10.8 Å². The fourth-order valence-corrected chi connectivity index (χ4v) is 2.81. The monoisotopic (exact) mass is 385 g/mol. The van der Waals surface area contributed by atoms with Crippen LogP contribution in [0.25, 0.3) is 11.0 Å². The molecule has 0 aliphatic carbocycles. The van der Waals surface area contributed by atoms with E-state index in [9.17, 15) is 18.0 Å². The van der Waals surface area contributed by atoms with Crippen molar-refractivity contribution in [2.75, 3.05) is 0 Å². The number of carbonyl (C=O) groups is 1. The first-order chi connectivity index (χ1) is 12.3. The number of rotatable bonds is 3. The third-order valence-electron chi connectivity index (χ3n) is 4.93. The molecule has 1 aliphatic heterocycles. The summed E-state index contributed by atoms with van der Waals surface area (Å²) < 4.78 is 57.6. The van der Waals surface area contributed by atoms with Crippen LogP contribution in [0.2, 0.25) is 0 Å². The van der Waals surface area contributed by atoms with Crippen LogP contribution in [0, 0.1) is 0 Å². The molecule has 0 unspecified atom stereocenters. The second kappa shape index (κ2) is 6.17. The van der Waals surface area contributed by atoms with E-state index in [-0.39, 0.29) is 28.7 Å². The molecular weight excluding hydrogens is 366 g/mol. The van der Waals surface area contributed by atoms with E-state index in [0.717, 1.165) is 6.07 Å². The van der Waals surface area contributed by atoms with Crippen LogP contribution in [0.5, 0.6) is 0 Å². The molecule has 1 fully saturated rings. The Bertz CT molecular complexity index is 875. The second-order valence-corrected chi connectivity index (χ2v) is 7.44. The highest BCUT2D eigenvalue weighted by molar-refractivity contribution is 6.62. The number of fused-ring (bicyclic) bond motifs is 1. The number of halogens is 3. The van der Waals surface area contributed by atoms with Gasteiger partial charge in [0.05, 0.1) is 23.3 Å². The van der Waals surface area contributed by atoms with Gasteiger partial charge in [0.2, 0.25) is 0 Å². The molecule has 10 heteroatoms. The summed E-state index contributed by atoms with van der Waals surface area (Å²) in [5.74, 6) is 0.0731. The second-order valence-electron chi connectivity index (χ2n) is 7.44. The average Bonchev–Trinajstić information content (AvgIpc) is 3.01. The van der Waals surface area contributed by atoms with Gasteiger partial charge >= 0.3 is 19.4 Å². The van der Waals surface area contributed by atoms with Crippen molar-refractivity contribution < 1.29 is 36.8 Å². The Kier molecular flexibility index (Phi) is 4.47. The summed E-state index contributed by atoms with van der Waals surface area (Å²) in [6, 6.07) is 3.82. The van der Waals surface area contributed by atoms with Gasteiger partial charge in [-0.3, -0.25) is 0 Å². The van der Waals surface area contributed by atoms with Crippen LogP contribution in [0.4, 0.5) is 18.0 Å². The molecule has 0 atom stereocenters. The molecule has 1 aromatic carbocycles. The minimum absolute atomic E-state index is 0.0731. The van der Waals surface area contributed by atoms with Gasteiger partial charge in [0, 0.05) is 5.39 Å². The Balaban J connectivity index is 2.06. The number of amides is 1. The number of hydrogen-bond acceptors (Lipinski definition) is 4. The maximum Gasteiger partial charge on any atom is 0.494 e. The largest absolute Gasteiger partial charge is 0.494 e. The first-order valence-corrected chi connectivity index (χ1v) is 8.26. The fraction of sp³-hybridized carbons (Fsp3) is 0.471. The molecule has 2 heterocycles. The van der Waals surface area contributed by atoms with E-state index in [1.165, 1.54) is 12.1 Å². The highest BCUT2D eigenvalue weighted by atomic mass is 19.4. The molecule has 0 bridgehead atoms. The summed E-state index contributed by atoms with van der Waals surface area (Å²) in [5.41, 5.74) is -2.50. The number of benzene rings is 1. The van der Waals surface area contributed by atoms with E-state index in [1.807, 2.05) is 27.7 Å². The van der Waals surface area contributed by atoms with Gasteiger partial charge in [0.25, 0.3) is 0 Å². The van der Waals surface area contributed by atoms with Crippen molar-refractivity contribution in [1.82, 2.24) is 5.32 Å². The van der Waals surface area contributed by atoms with Crippen molar-refractivity contribution in [2.24, 2.45) is 0 Å². The Morgan fingerprint density at radius 2 is 1.74 bits per heavy atom. The van der Waals surface area contributed by atoms with E-state index in [4.69, 9.17) is 18.8 Å². The molecule has 27 heavy (non-hydrogen) atoms. The van der Waals surface area contributed by atoms with Crippen LogP contribution in [-0.4, -0.2) is 29.5 Å². The number of carboxylic acid groups (broad SMARTS) is 1. The fourth-order valence-electron chi connectivity index (χ4n) is 2.81. The lowest BCUT2D eigenvalue weighted by molar-refractivity contribution is -0.136. The summed E-state index contributed by atoms with van der Waals surface area (Å²) in [6.07, 6.45) is -5.96. The van der Waals surface area contributed by atoms with Crippen molar-refractivity contribution in [3.05, 3.63) is 29.5 Å². The SMILES string of the molecule is CC1(C)OB(c2cc(C(F)(F)F)c3oc(CNC(=O)O)cc3c2)OC1(C)C. The third-order valence-corrected chi connectivity index (χ3v) is 4.93. The molecule has 0 saturated carbocycles. The maximum absolute atomic E-state index is 13.6. The maximum atomic E-state index is 13.6. The molecular formula is C17H19BF3NO5. The summed E-state index contributed by atoms with van der Waals surface area (Å²) in [7, 11) is -0.962. The van der Waals surface area contributed by atoms with Crippen LogP contribution in [-0.2, 0) is 22.0 Å². The van der Waals surface area contributed by atoms with Crippen LogP contribution in [0.3, 0.4) is 0 Å². The molecule has 2 N–H and O–H groups in total. The molecule has 0 spiro atoms.